The maximum atomic E-state index is 5.98. The van der Waals surface area contributed by atoms with E-state index in [9.17, 15) is 0 Å². The zero-order valence-corrected chi connectivity index (χ0v) is 10.2. The van der Waals surface area contributed by atoms with Gasteiger partial charge in [-0.25, -0.2) is 0 Å². The standard InChI is InChI=1S/C10H9BrClN3/c11-10-7(2-1-3-8(10)12)6-15-5-4-9(13)14-15/h1-5H,6H2,(H2,13,14). The van der Waals surface area contributed by atoms with Crippen LogP contribution in [-0.2, 0) is 6.54 Å². The molecular weight excluding hydrogens is 277 g/mol. The van der Waals surface area contributed by atoms with Gasteiger partial charge in [0, 0.05) is 10.7 Å². The molecule has 0 radical (unpaired) electrons. The van der Waals surface area contributed by atoms with Crippen molar-refractivity contribution in [2.75, 3.05) is 5.73 Å². The lowest BCUT2D eigenvalue weighted by atomic mass is 10.2. The van der Waals surface area contributed by atoms with Gasteiger partial charge in [-0.2, -0.15) is 5.10 Å². The molecule has 2 rings (SSSR count). The number of benzene rings is 1. The Labute approximate surface area is 101 Å². The van der Waals surface area contributed by atoms with Gasteiger partial charge in [0.15, 0.2) is 0 Å². The highest BCUT2D eigenvalue weighted by Crippen LogP contribution is 2.26. The summed E-state index contributed by atoms with van der Waals surface area (Å²) in [5, 5.41) is 4.81. The highest BCUT2D eigenvalue weighted by atomic mass is 79.9. The van der Waals surface area contributed by atoms with E-state index in [4.69, 9.17) is 17.3 Å². The van der Waals surface area contributed by atoms with Crippen LogP contribution in [0.25, 0.3) is 0 Å². The summed E-state index contributed by atoms with van der Waals surface area (Å²) in [6.07, 6.45) is 1.84. The molecule has 0 amide bonds. The zero-order chi connectivity index (χ0) is 10.8. The molecular formula is C10H9BrClN3. The van der Waals surface area contributed by atoms with Crippen molar-refractivity contribution >= 4 is 33.3 Å². The van der Waals surface area contributed by atoms with Gasteiger partial charge in [0.25, 0.3) is 0 Å². The first-order chi connectivity index (χ1) is 7.16. The van der Waals surface area contributed by atoms with E-state index in [0.717, 1.165) is 10.0 Å². The molecule has 2 aromatic rings. The molecule has 15 heavy (non-hydrogen) atoms. The van der Waals surface area contributed by atoms with Gasteiger partial charge in [0.1, 0.15) is 5.82 Å². The van der Waals surface area contributed by atoms with Crippen LogP contribution in [0.3, 0.4) is 0 Å². The fourth-order valence-corrected chi connectivity index (χ4v) is 1.89. The zero-order valence-electron chi connectivity index (χ0n) is 7.82. The SMILES string of the molecule is Nc1ccn(Cc2cccc(Cl)c2Br)n1. The van der Waals surface area contributed by atoms with Crippen LogP contribution in [-0.4, -0.2) is 9.78 Å². The predicted molar refractivity (Wildman–Crippen MR) is 64.9 cm³/mol. The minimum absolute atomic E-state index is 0.521. The summed E-state index contributed by atoms with van der Waals surface area (Å²) in [5.74, 6) is 0.521. The topological polar surface area (TPSA) is 43.8 Å². The normalized spacial score (nSPS) is 10.5. The average molecular weight is 287 g/mol. The number of nitrogen functional groups attached to an aromatic ring is 1. The number of anilines is 1. The molecule has 1 aromatic heterocycles. The van der Waals surface area contributed by atoms with Gasteiger partial charge in [0.05, 0.1) is 11.6 Å². The van der Waals surface area contributed by atoms with Crippen molar-refractivity contribution in [1.29, 1.82) is 0 Å². The Bertz CT molecular complexity index is 481. The van der Waals surface area contributed by atoms with Gasteiger partial charge in [-0.05, 0) is 33.6 Å². The fourth-order valence-electron chi connectivity index (χ4n) is 1.31. The van der Waals surface area contributed by atoms with Gasteiger partial charge in [-0.1, -0.05) is 23.7 Å². The van der Waals surface area contributed by atoms with Crippen LogP contribution in [0.4, 0.5) is 5.82 Å². The van der Waals surface area contributed by atoms with Crippen molar-refractivity contribution < 1.29 is 0 Å². The molecule has 0 bridgehead atoms. The van der Waals surface area contributed by atoms with Crippen LogP contribution in [0.2, 0.25) is 5.02 Å². The third-order valence-corrected chi connectivity index (χ3v) is 3.50. The van der Waals surface area contributed by atoms with E-state index in [0.29, 0.717) is 17.4 Å². The van der Waals surface area contributed by atoms with E-state index >= 15 is 0 Å². The van der Waals surface area contributed by atoms with E-state index in [2.05, 4.69) is 21.0 Å². The lowest BCUT2D eigenvalue weighted by Gasteiger charge is -2.05. The first kappa shape index (κ1) is 10.5. The third kappa shape index (κ3) is 2.33. The van der Waals surface area contributed by atoms with Gasteiger partial charge in [0.2, 0.25) is 0 Å². The fraction of sp³-hybridized carbons (Fsp3) is 0.100. The van der Waals surface area contributed by atoms with Crippen LogP contribution in [0.15, 0.2) is 34.9 Å². The molecule has 3 nitrogen and oxygen atoms in total. The van der Waals surface area contributed by atoms with E-state index in [1.165, 1.54) is 0 Å². The maximum absolute atomic E-state index is 5.98. The maximum Gasteiger partial charge on any atom is 0.145 e. The molecule has 0 saturated carbocycles. The number of nitrogens with two attached hydrogens (primary N) is 1. The largest absolute Gasteiger partial charge is 0.382 e. The second-order valence-corrected chi connectivity index (χ2v) is 4.35. The van der Waals surface area contributed by atoms with Crippen molar-refractivity contribution in [1.82, 2.24) is 9.78 Å². The Morgan fingerprint density at radius 3 is 2.87 bits per heavy atom. The second-order valence-electron chi connectivity index (χ2n) is 3.15. The monoisotopic (exact) mass is 285 g/mol. The number of hydrogen-bond acceptors (Lipinski definition) is 2. The Balaban J connectivity index is 2.28. The number of hydrogen-bond donors (Lipinski definition) is 1. The second kappa shape index (κ2) is 4.24. The highest BCUT2D eigenvalue weighted by Gasteiger charge is 2.04. The van der Waals surface area contributed by atoms with Gasteiger partial charge < -0.3 is 5.73 Å². The van der Waals surface area contributed by atoms with Crippen molar-refractivity contribution in [3.8, 4) is 0 Å². The smallest absolute Gasteiger partial charge is 0.145 e. The van der Waals surface area contributed by atoms with Gasteiger partial charge >= 0.3 is 0 Å². The Morgan fingerprint density at radius 1 is 1.40 bits per heavy atom. The summed E-state index contributed by atoms with van der Waals surface area (Å²) in [6.45, 7) is 0.651. The lowest BCUT2D eigenvalue weighted by molar-refractivity contribution is 0.688. The predicted octanol–water partition coefficient (Wildman–Crippen LogP) is 2.93. The number of halogens is 2. The average Bonchev–Trinajstić information content (AvgIpc) is 2.59. The van der Waals surface area contributed by atoms with E-state index in [1.807, 2.05) is 24.4 Å². The number of aromatic nitrogens is 2. The summed E-state index contributed by atoms with van der Waals surface area (Å²) in [6, 6.07) is 7.51. The van der Waals surface area contributed by atoms with Gasteiger partial charge in [-0.3, -0.25) is 4.68 Å². The molecule has 0 aliphatic heterocycles. The summed E-state index contributed by atoms with van der Waals surface area (Å²) in [7, 11) is 0. The minimum atomic E-state index is 0.521. The van der Waals surface area contributed by atoms with Crippen LogP contribution in [0, 0.1) is 0 Å². The molecule has 2 N–H and O–H groups in total. The Kier molecular flexibility index (Phi) is 2.98. The first-order valence-corrected chi connectivity index (χ1v) is 5.56. The summed E-state index contributed by atoms with van der Waals surface area (Å²) in [5.41, 5.74) is 6.61. The molecule has 0 unspecified atom stereocenters. The van der Waals surface area contributed by atoms with E-state index in [-0.39, 0.29) is 0 Å². The summed E-state index contributed by atoms with van der Waals surface area (Å²) < 4.78 is 2.67. The Hall–Kier alpha value is -1.000. The number of rotatable bonds is 2. The van der Waals surface area contributed by atoms with Crippen molar-refractivity contribution in [2.24, 2.45) is 0 Å². The molecule has 0 fully saturated rings. The molecule has 0 aliphatic carbocycles. The van der Waals surface area contributed by atoms with Crippen LogP contribution in [0.5, 0.6) is 0 Å². The molecule has 78 valence electrons. The first-order valence-electron chi connectivity index (χ1n) is 4.38. The van der Waals surface area contributed by atoms with Crippen molar-refractivity contribution in [2.45, 2.75) is 6.54 Å². The molecule has 5 heteroatoms. The van der Waals surface area contributed by atoms with E-state index < -0.39 is 0 Å². The molecule has 1 heterocycles. The molecule has 1 aromatic carbocycles. The third-order valence-electron chi connectivity index (χ3n) is 2.03. The Morgan fingerprint density at radius 2 is 2.20 bits per heavy atom. The van der Waals surface area contributed by atoms with Crippen LogP contribution < -0.4 is 5.73 Å². The lowest BCUT2D eigenvalue weighted by Crippen LogP contribution is -2.01. The van der Waals surface area contributed by atoms with Gasteiger partial charge in [-0.15, -0.1) is 0 Å². The summed E-state index contributed by atoms with van der Waals surface area (Å²) in [4.78, 5) is 0. The molecule has 0 aliphatic rings. The van der Waals surface area contributed by atoms with Crippen molar-refractivity contribution in [3.05, 3.63) is 45.5 Å². The van der Waals surface area contributed by atoms with Crippen LogP contribution >= 0.6 is 27.5 Å². The van der Waals surface area contributed by atoms with Crippen LogP contribution in [0.1, 0.15) is 5.56 Å². The molecule has 0 spiro atoms. The number of nitrogens with zero attached hydrogens (tertiary/aromatic N) is 2. The van der Waals surface area contributed by atoms with E-state index in [1.54, 1.807) is 10.7 Å². The van der Waals surface area contributed by atoms with Crippen molar-refractivity contribution in [3.63, 3.8) is 0 Å². The summed E-state index contributed by atoms with van der Waals surface area (Å²) >= 11 is 9.42. The molecule has 0 atom stereocenters. The minimum Gasteiger partial charge on any atom is -0.382 e. The highest BCUT2D eigenvalue weighted by molar-refractivity contribution is 9.10. The molecule has 0 saturated heterocycles. The quantitative estimate of drug-likeness (QED) is 0.922.